The first-order chi connectivity index (χ1) is 11.0. The molecule has 1 atom stereocenters. The third-order valence-corrected chi connectivity index (χ3v) is 7.23. The molecule has 2 saturated heterocycles. The Morgan fingerprint density at radius 3 is 2.50 bits per heavy atom. The first kappa shape index (κ1) is 19.5. The van der Waals surface area contributed by atoms with E-state index in [0.717, 1.165) is 19.4 Å². The van der Waals surface area contributed by atoms with E-state index in [1.807, 2.05) is 6.07 Å². The third kappa shape index (κ3) is 3.87. The van der Waals surface area contributed by atoms with E-state index < -0.39 is 10.0 Å². The molecule has 2 fully saturated rings. The van der Waals surface area contributed by atoms with Crippen molar-refractivity contribution in [2.45, 2.75) is 36.6 Å². The van der Waals surface area contributed by atoms with Crippen LogP contribution in [0, 0.1) is 17.2 Å². The van der Waals surface area contributed by atoms with Gasteiger partial charge < -0.3 is 5.32 Å². The standard InChI is InChI=1S/C16H20ClN3O2S.ClH/c17-14-10-12(11-18)3-4-16(14)23(21,22)20-8-5-13(6-9-20)15-2-1-7-19-15;/h3-4,10,13,15,19H,1-2,5-9H2;1H. The maximum atomic E-state index is 12.8. The van der Waals surface area contributed by atoms with Gasteiger partial charge in [0.25, 0.3) is 0 Å². The molecule has 1 unspecified atom stereocenters. The Hall–Kier alpha value is -0.840. The molecule has 5 nitrogen and oxygen atoms in total. The largest absolute Gasteiger partial charge is 0.314 e. The minimum absolute atomic E-state index is 0. The second-order valence-electron chi connectivity index (χ2n) is 6.20. The Kier molecular flexibility index (Phi) is 6.52. The van der Waals surface area contributed by atoms with Crippen LogP contribution in [0.5, 0.6) is 0 Å². The summed E-state index contributed by atoms with van der Waals surface area (Å²) in [6.07, 6.45) is 4.17. The van der Waals surface area contributed by atoms with E-state index in [-0.39, 0.29) is 22.3 Å². The minimum Gasteiger partial charge on any atom is -0.314 e. The Morgan fingerprint density at radius 2 is 1.96 bits per heavy atom. The van der Waals surface area contributed by atoms with Crippen LogP contribution in [-0.4, -0.2) is 38.4 Å². The van der Waals surface area contributed by atoms with E-state index in [1.165, 1.54) is 35.3 Å². The van der Waals surface area contributed by atoms with E-state index in [0.29, 0.717) is 30.6 Å². The zero-order valence-electron chi connectivity index (χ0n) is 13.2. The van der Waals surface area contributed by atoms with Crippen molar-refractivity contribution in [2.75, 3.05) is 19.6 Å². The maximum Gasteiger partial charge on any atom is 0.244 e. The fourth-order valence-corrected chi connectivity index (χ4v) is 5.54. The highest BCUT2D eigenvalue weighted by molar-refractivity contribution is 7.89. The molecule has 0 spiro atoms. The second kappa shape index (κ2) is 8.03. The Labute approximate surface area is 154 Å². The quantitative estimate of drug-likeness (QED) is 0.862. The average molecular weight is 390 g/mol. The second-order valence-corrected chi connectivity index (χ2v) is 8.51. The lowest BCUT2D eigenvalue weighted by Gasteiger charge is -2.34. The molecule has 3 rings (SSSR count). The number of sulfonamides is 1. The van der Waals surface area contributed by atoms with Crippen LogP contribution < -0.4 is 5.32 Å². The Bertz CT molecular complexity index is 719. The number of benzene rings is 1. The number of nitrogens with zero attached hydrogens (tertiary/aromatic N) is 2. The van der Waals surface area contributed by atoms with Crippen LogP contribution in [-0.2, 0) is 10.0 Å². The molecule has 1 N–H and O–H groups in total. The van der Waals surface area contributed by atoms with Gasteiger partial charge in [-0.05, 0) is 56.3 Å². The number of hydrogen-bond donors (Lipinski definition) is 1. The SMILES string of the molecule is Cl.N#Cc1ccc(S(=O)(=O)N2CCC(C3CCCN3)CC2)c(Cl)c1. The zero-order chi connectivity index (χ0) is 16.4. The van der Waals surface area contributed by atoms with Crippen molar-refractivity contribution in [1.82, 2.24) is 9.62 Å². The molecular weight excluding hydrogens is 369 g/mol. The molecule has 1 aromatic carbocycles. The number of nitrogens with one attached hydrogen (secondary N) is 1. The lowest BCUT2D eigenvalue weighted by Crippen LogP contribution is -2.43. The van der Waals surface area contributed by atoms with E-state index in [2.05, 4.69) is 5.32 Å². The molecule has 2 aliphatic heterocycles. The molecule has 0 radical (unpaired) electrons. The predicted molar refractivity (Wildman–Crippen MR) is 95.9 cm³/mol. The van der Waals surface area contributed by atoms with Gasteiger partial charge in [-0.1, -0.05) is 11.6 Å². The molecule has 0 saturated carbocycles. The molecule has 2 aliphatic rings. The summed E-state index contributed by atoms with van der Waals surface area (Å²) in [7, 11) is -3.59. The van der Waals surface area contributed by atoms with Gasteiger partial charge in [-0.3, -0.25) is 0 Å². The van der Waals surface area contributed by atoms with Crippen LogP contribution in [0.15, 0.2) is 23.1 Å². The summed E-state index contributed by atoms with van der Waals surface area (Å²) in [6, 6.07) is 6.84. The van der Waals surface area contributed by atoms with Gasteiger partial charge in [0.05, 0.1) is 16.7 Å². The van der Waals surface area contributed by atoms with Crippen molar-refractivity contribution in [1.29, 1.82) is 5.26 Å². The smallest absolute Gasteiger partial charge is 0.244 e. The van der Waals surface area contributed by atoms with Gasteiger partial charge in [-0.25, -0.2) is 8.42 Å². The van der Waals surface area contributed by atoms with Gasteiger partial charge in [0, 0.05) is 19.1 Å². The zero-order valence-corrected chi connectivity index (χ0v) is 15.6. The van der Waals surface area contributed by atoms with Gasteiger partial charge in [0.2, 0.25) is 10.0 Å². The van der Waals surface area contributed by atoms with Gasteiger partial charge >= 0.3 is 0 Å². The number of piperidine rings is 1. The highest BCUT2D eigenvalue weighted by atomic mass is 35.5. The van der Waals surface area contributed by atoms with Crippen LogP contribution in [0.2, 0.25) is 5.02 Å². The lowest BCUT2D eigenvalue weighted by molar-refractivity contribution is 0.234. The molecular formula is C16H21Cl2N3O2S. The molecule has 0 aromatic heterocycles. The minimum atomic E-state index is -3.59. The van der Waals surface area contributed by atoms with E-state index in [1.54, 1.807) is 0 Å². The molecule has 1 aromatic rings. The van der Waals surface area contributed by atoms with Gasteiger partial charge in [-0.15, -0.1) is 12.4 Å². The molecule has 24 heavy (non-hydrogen) atoms. The molecule has 0 aliphatic carbocycles. The topological polar surface area (TPSA) is 73.2 Å². The van der Waals surface area contributed by atoms with Crippen molar-refractivity contribution in [2.24, 2.45) is 5.92 Å². The van der Waals surface area contributed by atoms with E-state index in [4.69, 9.17) is 16.9 Å². The molecule has 0 bridgehead atoms. The summed E-state index contributed by atoms with van der Waals surface area (Å²) in [5.74, 6) is 0.556. The van der Waals surface area contributed by atoms with Crippen LogP contribution >= 0.6 is 24.0 Å². The Balaban J connectivity index is 0.00000208. The molecule has 132 valence electrons. The van der Waals surface area contributed by atoms with Crippen molar-refractivity contribution in [3.8, 4) is 6.07 Å². The van der Waals surface area contributed by atoms with Crippen molar-refractivity contribution < 1.29 is 8.42 Å². The highest BCUT2D eigenvalue weighted by Crippen LogP contribution is 2.31. The summed E-state index contributed by atoms with van der Waals surface area (Å²) < 4.78 is 27.1. The van der Waals surface area contributed by atoms with Crippen molar-refractivity contribution >= 4 is 34.0 Å². The molecule has 0 amide bonds. The number of halogens is 2. The van der Waals surface area contributed by atoms with E-state index in [9.17, 15) is 8.42 Å². The fourth-order valence-electron chi connectivity index (χ4n) is 3.55. The maximum absolute atomic E-state index is 12.8. The monoisotopic (exact) mass is 389 g/mol. The van der Waals surface area contributed by atoms with Gasteiger partial charge in [0.15, 0.2) is 0 Å². The predicted octanol–water partition coefficient (Wildman–Crippen LogP) is 2.79. The summed E-state index contributed by atoms with van der Waals surface area (Å²) in [6.45, 7) is 2.13. The van der Waals surface area contributed by atoms with E-state index >= 15 is 0 Å². The highest BCUT2D eigenvalue weighted by Gasteiger charge is 2.34. The van der Waals surface area contributed by atoms with Crippen LogP contribution in [0.3, 0.4) is 0 Å². The van der Waals surface area contributed by atoms with Gasteiger partial charge in [0.1, 0.15) is 4.90 Å². The lowest BCUT2D eigenvalue weighted by atomic mass is 9.89. The number of hydrogen-bond acceptors (Lipinski definition) is 4. The first-order valence-corrected chi connectivity index (χ1v) is 9.77. The molecule has 2 heterocycles. The summed E-state index contributed by atoms with van der Waals surface area (Å²) in [5.41, 5.74) is 0.361. The summed E-state index contributed by atoms with van der Waals surface area (Å²) in [4.78, 5) is 0.0932. The van der Waals surface area contributed by atoms with Crippen molar-refractivity contribution in [3.05, 3.63) is 28.8 Å². The first-order valence-electron chi connectivity index (χ1n) is 7.95. The summed E-state index contributed by atoms with van der Waals surface area (Å²) in [5, 5.41) is 12.5. The van der Waals surface area contributed by atoms with Gasteiger partial charge in [-0.2, -0.15) is 9.57 Å². The summed E-state index contributed by atoms with van der Waals surface area (Å²) >= 11 is 6.08. The fraction of sp³-hybridized carbons (Fsp3) is 0.562. The Morgan fingerprint density at radius 1 is 1.25 bits per heavy atom. The van der Waals surface area contributed by atoms with Crippen molar-refractivity contribution in [3.63, 3.8) is 0 Å². The number of rotatable bonds is 3. The third-order valence-electron chi connectivity index (χ3n) is 4.84. The van der Waals surface area contributed by atoms with Crippen LogP contribution in [0.4, 0.5) is 0 Å². The van der Waals surface area contributed by atoms with Crippen LogP contribution in [0.1, 0.15) is 31.2 Å². The average Bonchev–Trinajstić information content (AvgIpc) is 3.09. The van der Waals surface area contributed by atoms with Crippen LogP contribution in [0.25, 0.3) is 0 Å². The molecule has 8 heteroatoms. The normalized spacial score (nSPS) is 22.8. The number of nitriles is 1.